The van der Waals surface area contributed by atoms with E-state index in [-0.39, 0.29) is 23.8 Å². The zero-order valence-electron chi connectivity index (χ0n) is 13.9. The average Bonchev–Trinajstić information content (AvgIpc) is 3.02. The molecule has 1 N–H and O–H groups in total. The van der Waals surface area contributed by atoms with Gasteiger partial charge in [-0.2, -0.15) is 0 Å². The summed E-state index contributed by atoms with van der Waals surface area (Å²) in [6.07, 6.45) is 0.720. The molecule has 0 bridgehead atoms. The second-order valence-electron chi connectivity index (χ2n) is 6.29. The molecule has 2 heterocycles. The van der Waals surface area contributed by atoms with Crippen molar-refractivity contribution in [2.24, 2.45) is 0 Å². The smallest absolute Gasteiger partial charge is 0.272 e. The van der Waals surface area contributed by atoms with E-state index in [0.717, 1.165) is 34.9 Å². The van der Waals surface area contributed by atoms with Gasteiger partial charge in [-0.3, -0.25) is 9.59 Å². The minimum atomic E-state index is -0.101. The summed E-state index contributed by atoms with van der Waals surface area (Å²) >= 11 is 1.13. The average molecular weight is 344 g/mol. The molecule has 1 aromatic heterocycles. The van der Waals surface area contributed by atoms with Gasteiger partial charge in [0.05, 0.1) is 11.7 Å². The Labute approximate surface area is 145 Å². The number of benzene rings is 1. The van der Waals surface area contributed by atoms with E-state index in [2.05, 4.69) is 14.9 Å². The number of carbonyl (C=O) groups is 2. The van der Waals surface area contributed by atoms with Crippen LogP contribution in [0.4, 0.5) is 5.69 Å². The van der Waals surface area contributed by atoms with Crippen LogP contribution in [0.25, 0.3) is 0 Å². The van der Waals surface area contributed by atoms with Crippen molar-refractivity contribution in [1.82, 2.24) is 14.9 Å². The molecule has 126 valence electrons. The van der Waals surface area contributed by atoms with Gasteiger partial charge >= 0.3 is 0 Å². The summed E-state index contributed by atoms with van der Waals surface area (Å²) < 4.78 is 3.96. The fraction of sp³-hybridized carbons (Fsp3) is 0.412. The first-order chi connectivity index (χ1) is 11.5. The van der Waals surface area contributed by atoms with E-state index in [1.807, 2.05) is 38.1 Å². The van der Waals surface area contributed by atoms with E-state index in [0.29, 0.717) is 11.4 Å². The molecule has 1 atom stereocenters. The molecule has 1 aliphatic rings. The molecule has 7 heteroatoms. The highest BCUT2D eigenvalue weighted by Gasteiger charge is 2.32. The third kappa shape index (κ3) is 3.17. The molecule has 1 aromatic carbocycles. The lowest BCUT2D eigenvalue weighted by atomic mass is 9.97. The number of anilines is 1. The summed E-state index contributed by atoms with van der Waals surface area (Å²) in [5, 5.41) is 7.04. The third-order valence-corrected chi connectivity index (χ3v) is 4.79. The van der Waals surface area contributed by atoms with Crippen molar-refractivity contribution in [2.45, 2.75) is 39.2 Å². The van der Waals surface area contributed by atoms with Gasteiger partial charge in [0.1, 0.15) is 4.88 Å². The van der Waals surface area contributed by atoms with Gasteiger partial charge in [0.25, 0.3) is 5.91 Å². The molecule has 0 aliphatic carbocycles. The molecule has 0 radical (unpaired) electrons. The lowest BCUT2D eigenvalue weighted by Gasteiger charge is -2.34. The Balaban J connectivity index is 1.97. The summed E-state index contributed by atoms with van der Waals surface area (Å²) in [7, 11) is 0. The zero-order valence-corrected chi connectivity index (χ0v) is 14.8. The lowest BCUT2D eigenvalue weighted by molar-refractivity contribution is -0.119. The number of nitrogens with one attached hydrogen (secondary N) is 1. The van der Waals surface area contributed by atoms with Crippen LogP contribution in [-0.4, -0.2) is 34.0 Å². The lowest BCUT2D eigenvalue weighted by Crippen LogP contribution is -2.49. The molecule has 24 heavy (non-hydrogen) atoms. The van der Waals surface area contributed by atoms with Crippen LogP contribution in [0.15, 0.2) is 24.3 Å². The standard InChI is InChI=1S/C17H20N4O2S/c1-10(2)15-16(24-20-19-15)17(23)21-9-13(18-11(3)22)8-12-6-4-5-7-14(12)21/h4-7,10,13H,8-9H2,1-3H3,(H,18,22). The molecule has 0 spiro atoms. The quantitative estimate of drug-likeness (QED) is 0.927. The maximum Gasteiger partial charge on any atom is 0.272 e. The first-order valence-electron chi connectivity index (χ1n) is 7.96. The van der Waals surface area contributed by atoms with Gasteiger partial charge in [-0.15, -0.1) is 5.10 Å². The summed E-state index contributed by atoms with van der Waals surface area (Å²) in [5.74, 6) is -0.0563. The fourth-order valence-electron chi connectivity index (χ4n) is 3.02. The summed E-state index contributed by atoms with van der Waals surface area (Å²) in [6.45, 7) is 5.94. The number of para-hydroxylation sites is 1. The van der Waals surface area contributed by atoms with E-state index in [9.17, 15) is 9.59 Å². The SMILES string of the molecule is CC(=O)NC1Cc2ccccc2N(C(=O)c2snnc2C(C)C)C1. The number of hydrogen-bond acceptors (Lipinski definition) is 5. The van der Waals surface area contributed by atoms with Crippen molar-refractivity contribution in [3.8, 4) is 0 Å². The number of hydrogen-bond donors (Lipinski definition) is 1. The molecular formula is C17H20N4O2S. The van der Waals surface area contributed by atoms with Crippen LogP contribution in [0, 0.1) is 0 Å². The molecule has 0 fully saturated rings. The highest BCUT2D eigenvalue weighted by Crippen LogP contribution is 2.30. The number of fused-ring (bicyclic) bond motifs is 1. The number of amides is 2. The zero-order chi connectivity index (χ0) is 17.3. The maximum absolute atomic E-state index is 13.1. The monoisotopic (exact) mass is 344 g/mol. The Morgan fingerprint density at radius 2 is 2.08 bits per heavy atom. The van der Waals surface area contributed by atoms with Crippen LogP contribution in [0.5, 0.6) is 0 Å². The highest BCUT2D eigenvalue weighted by molar-refractivity contribution is 7.08. The van der Waals surface area contributed by atoms with Gasteiger partial charge in [-0.1, -0.05) is 36.5 Å². The molecule has 1 aliphatic heterocycles. The largest absolute Gasteiger partial charge is 0.351 e. The van der Waals surface area contributed by atoms with Crippen LogP contribution in [0.1, 0.15) is 47.6 Å². The Morgan fingerprint density at radius 3 is 2.79 bits per heavy atom. The van der Waals surface area contributed by atoms with Gasteiger partial charge in [-0.05, 0) is 35.5 Å². The van der Waals surface area contributed by atoms with Crippen molar-refractivity contribution in [3.05, 3.63) is 40.4 Å². The number of carbonyl (C=O) groups excluding carboxylic acids is 2. The Hall–Kier alpha value is -2.28. The molecule has 2 aromatic rings. The Kier molecular flexibility index (Phi) is 4.62. The van der Waals surface area contributed by atoms with Crippen molar-refractivity contribution in [1.29, 1.82) is 0 Å². The first kappa shape index (κ1) is 16.6. The predicted octanol–water partition coefficient (Wildman–Crippen LogP) is 2.37. The maximum atomic E-state index is 13.1. The number of aromatic nitrogens is 2. The van der Waals surface area contributed by atoms with Crippen molar-refractivity contribution in [3.63, 3.8) is 0 Å². The van der Waals surface area contributed by atoms with Gasteiger partial charge in [0, 0.05) is 19.2 Å². The van der Waals surface area contributed by atoms with Crippen LogP contribution in [0.2, 0.25) is 0 Å². The Bertz CT molecular complexity index is 771. The second-order valence-corrected chi connectivity index (χ2v) is 7.04. The molecule has 6 nitrogen and oxygen atoms in total. The second kappa shape index (κ2) is 6.68. The van der Waals surface area contributed by atoms with E-state index < -0.39 is 0 Å². The van der Waals surface area contributed by atoms with Gasteiger partial charge in [-0.25, -0.2) is 0 Å². The van der Waals surface area contributed by atoms with E-state index >= 15 is 0 Å². The van der Waals surface area contributed by atoms with Gasteiger partial charge in [0.2, 0.25) is 5.91 Å². The summed E-state index contributed by atoms with van der Waals surface area (Å²) in [6, 6.07) is 7.72. The fourth-order valence-corrected chi connectivity index (χ4v) is 3.79. The minimum absolute atomic E-state index is 0.0888. The molecular weight excluding hydrogens is 324 g/mol. The molecule has 1 unspecified atom stereocenters. The molecule has 0 saturated heterocycles. The van der Waals surface area contributed by atoms with Crippen LogP contribution >= 0.6 is 11.5 Å². The number of nitrogens with zero attached hydrogens (tertiary/aromatic N) is 3. The summed E-state index contributed by atoms with van der Waals surface area (Å²) in [5.41, 5.74) is 2.68. The van der Waals surface area contributed by atoms with Crippen molar-refractivity contribution < 1.29 is 9.59 Å². The molecule has 2 amide bonds. The van der Waals surface area contributed by atoms with Gasteiger partial charge in [0.15, 0.2) is 0 Å². The van der Waals surface area contributed by atoms with Crippen molar-refractivity contribution >= 4 is 29.0 Å². The minimum Gasteiger partial charge on any atom is -0.351 e. The molecule has 3 rings (SSSR count). The topological polar surface area (TPSA) is 75.2 Å². The van der Waals surface area contributed by atoms with E-state index in [1.54, 1.807) is 4.90 Å². The van der Waals surface area contributed by atoms with Crippen molar-refractivity contribution in [2.75, 3.05) is 11.4 Å². The third-order valence-electron chi connectivity index (χ3n) is 4.06. The predicted molar refractivity (Wildman–Crippen MR) is 93.4 cm³/mol. The van der Waals surface area contributed by atoms with E-state index in [1.165, 1.54) is 6.92 Å². The summed E-state index contributed by atoms with van der Waals surface area (Å²) in [4.78, 5) is 26.9. The highest BCUT2D eigenvalue weighted by atomic mass is 32.1. The van der Waals surface area contributed by atoms with Crippen LogP contribution in [0.3, 0.4) is 0 Å². The van der Waals surface area contributed by atoms with Crippen LogP contribution in [-0.2, 0) is 11.2 Å². The number of rotatable bonds is 3. The normalized spacial score (nSPS) is 16.8. The first-order valence-corrected chi connectivity index (χ1v) is 8.73. The van der Waals surface area contributed by atoms with E-state index in [4.69, 9.17) is 0 Å². The molecule has 0 saturated carbocycles. The van der Waals surface area contributed by atoms with Gasteiger partial charge < -0.3 is 10.2 Å². The Morgan fingerprint density at radius 1 is 1.33 bits per heavy atom. The van der Waals surface area contributed by atoms with Crippen LogP contribution < -0.4 is 10.2 Å².